The average molecular weight is 256 g/mol. The van der Waals surface area contributed by atoms with Crippen LogP contribution in [0.5, 0.6) is 0 Å². The lowest BCUT2D eigenvalue weighted by Crippen LogP contribution is -2.38. The van der Waals surface area contributed by atoms with Crippen LogP contribution in [0.25, 0.3) is 0 Å². The molecule has 0 atom stereocenters. The molecule has 0 saturated carbocycles. The number of anilines is 1. The summed E-state index contributed by atoms with van der Waals surface area (Å²) in [6, 6.07) is 0. The molecule has 0 unspecified atom stereocenters. The van der Waals surface area contributed by atoms with Crippen LogP contribution >= 0.6 is 11.3 Å². The van der Waals surface area contributed by atoms with Crippen molar-refractivity contribution >= 4 is 16.5 Å². The van der Waals surface area contributed by atoms with E-state index in [4.69, 9.17) is 0 Å². The number of hydrogen-bond acceptors (Lipinski definition) is 5. The summed E-state index contributed by atoms with van der Waals surface area (Å²) in [5, 5.41) is 17.1. The number of rotatable bonds is 6. The van der Waals surface area contributed by atoms with Crippen molar-refractivity contribution in [2.45, 2.75) is 46.6 Å². The molecule has 4 nitrogen and oxygen atoms in total. The first kappa shape index (κ1) is 14.4. The SMILES string of the molecule is CC(C)Cc1nnc(NCCNC(C)(C)C)s1. The number of aromatic nitrogens is 2. The minimum Gasteiger partial charge on any atom is -0.359 e. The van der Waals surface area contributed by atoms with E-state index in [2.05, 4.69) is 55.4 Å². The second kappa shape index (κ2) is 6.31. The van der Waals surface area contributed by atoms with Gasteiger partial charge in [0.1, 0.15) is 5.01 Å². The van der Waals surface area contributed by atoms with Gasteiger partial charge < -0.3 is 10.6 Å². The molecule has 1 heterocycles. The molecule has 1 aromatic rings. The highest BCUT2D eigenvalue weighted by atomic mass is 32.1. The molecular formula is C12H24N4S. The van der Waals surface area contributed by atoms with Crippen molar-refractivity contribution < 1.29 is 0 Å². The molecule has 98 valence electrons. The first-order valence-electron chi connectivity index (χ1n) is 6.18. The third-order valence-corrected chi connectivity index (χ3v) is 3.01. The Bertz CT molecular complexity index is 327. The van der Waals surface area contributed by atoms with Crippen LogP contribution in [0.1, 0.15) is 39.6 Å². The third-order valence-electron chi connectivity index (χ3n) is 2.11. The van der Waals surface area contributed by atoms with Crippen molar-refractivity contribution in [3.8, 4) is 0 Å². The Morgan fingerprint density at radius 3 is 2.47 bits per heavy atom. The lowest BCUT2D eigenvalue weighted by atomic mass is 10.1. The Morgan fingerprint density at radius 1 is 1.18 bits per heavy atom. The van der Waals surface area contributed by atoms with Gasteiger partial charge in [-0.1, -0.05) is 25.2 Å². The molecule has 5 heteroatoms. The molecule has 1 rings (SSSR count). The Morgan fingerprint density at radius 2 is 1.88 bits per heavy atom. The highest BCUT2D eigenvalue weighted by Crippen LogP contribution is 2.17. The molecule has 0 aliphatic carbocycles. The van der Waals surface area contributed by atoms with Gasteiger partial charge in [-0.3, -0.25) is 0 Å². The van der Waals surface area contributed by atoms with Gasteiger partial charge >= 0.3 is 0 Å². The summed E-state index contributed by atoms with van der Waals surface area (Å²) in [5.41, 5.74) is 0.172. The Labute approximate surface area is 108 Å². The molecular weight excluding hydrogens is 232 g/mol. The molecule has 0 aliphatic heterocycles. The van der Waals surface area contributed by atoms with E-state index in [1.54, 1.807) is 11.3 Å². The van der Waals surface area contributed by atoms with Gasteiger partial charge in [-0.25, -0.2) is 0 Å². The first-order valence-corrected chi connectivity index (χ1v) is 7.00. The molecule has 2 N–H and O–H groups in total. The van der Waals surface area contributed by atoms with Crippen LogP contribution in [0.4, 0.5) is 5.13 Å². The van der Waals surface area contributed by atoms with Gasteiger partial charge in [0, 0.05) is 25.0 Å². The molecule has 0 bridgehead atoms. The number of nitrogens with zero attached hydrogens (tertiary/aromatic N) is 2. The van der Waals surface area contributed by atoms with Crippen molar-refractivity contribution in [3.05, 3.63) is 5.01 Å². The van der Waals surface area contributed by atoms with E-state index < -0.39 is 0 Å². The predicted molar refractivity (Wildman–Crippen MR) is 74.7 cm³/mol. The Kier molecular flexibility index (Phi) is 5.33. The van der Waals surface area contributed by atoms with E-state index >= 15 is 0 Å². The van der Waals surface area contributed by atoms with Crippen LogP contribution in [0.15, 0.2) is 0 Å². The molecule has 17 heavy (non-hydrogen) atoms. The Hall–Kier alpha value is -0.680. The predicted octanol–water partition coefficient (Wildman–Crippen LogP) is 2.54. The highest BCUT2D eigenvalue weighted by molar-refractivity contribution is 7.15. The van der Waals surface area contributed by atoms with Crippen LogP contribution in [0.3, 0.4) is 0 Å². The van der Waals surface area contributed by atoms with Gasteiger partial charge in [-0.2, -0.15) is 0 Å². The normalized spacial score (nSPS) is 12.1. The molecule has 0 amide bonds. The van der Waals surface area contributed by atoms with E-state index in [9.17, 15) is 0 Å². The zero-order chi connectivity index (χ0) is 12.9. The summed E-state index contributed by atoms with van der Waals surface area (Å²) in [4.78, 5) is 0. The quantitative estimate of drug-likeness (QED) is 0.768. The fourth-order valence-electron chi connectivity index (χ4n) is 1.36. The molecule has 0 aliphatic rings. The summed E-state index contributed by atoms with van der Waals surface area (Å²) in [6.07, 6.45) is 1.01. The fourth-order valence-corrected chi connectivity index (χ4v) is 2.34. The molecule has 1 aromatic heterocycles. The number of nitrogens with one attached hydrogen (secondary N) is 2. The topological polar surface area (TPSA) is 49.8 Å². The standard InChI is InChI=1S/C12H24N4S/c1-9(2)8-10-15-16-11(17-10)13-6-7-14-12(3,4)5/h9,14H,6-8H2,1-5H3,(H,13,16). The second-order valence-corrected chi connectivity index (χ2v) is 6.76. The fraction of sp³-hybridized carbons (Fsp3) is 0.833. The summed E-state index contributed by atoms with van der Waals surface area (Å²) >= 11 is 1.66. The average Bonchev–Trinajstić information content (AvgIpc) is 2.58. The molecule has 0 fully saturated rings. The van der Waals surface area contributed by atoms with Gasteiger partial charge in [-0.15, -0.1) is 10.2 Å². The minimum absolute atomic E-state index is 0.172. The Balaban J connectivity index is 2.25. The van der Waals surface area contributed by atoms with Crippen LogP contribution in [0.2, 0.25) is 0 Å². The molecule has 0 saturated heterocycles. The second-order valence-electron chi connectivity index (χ2n) is 5.70. The lowest BCUT2D eigenvalue weighted by molar-refractivity contribution is 0.435. The van der Waals surface area contributed by atoms with Crippen LogP contribution in [0, 0.1) is 5.92 Å². The van der Waals surface area contributed by atoms with Crippen molar-refractivity contribution in [3.63, 3.8) is 0 Å². The van der Waals surface area contributed by atoms with E-state index in [1.807, 2.05) is 0 Å². The van der Waals surface area contributed by atoms with Crippen LogP contribution in [-0.2, 0) is 6.42 Å². The van der Waals surface area contributed by atoms with Crippen molar-refractivity contribution in [2.75, 3.05) is 18.4 Å². The zero-order valence-corrected chi connectivity index (χ0v) is 12.3. The number of hydrogen-bond donors (Lipinski definition) is 2. The van der Waals surface area contributed by atoms with Gasteiger partial charge in [0.25, 0.3) is 0 Å². The van der Waals surface area contributed by atoms with Gasteiger partial charge in [-0.05, 0) is 26.7 Å². The summed E-state index contributed by atoms with van der Waals surface area (Å²) in [6.45, 7) is 12.7. The van der Waals surface area contributed by atoms with E-state index in [1.165, 1.54) is 0 Å². The molecule has 0 radical (unpaired) electrons. The van der Waals surface area contributed by atoms with Crippen molar-refractivity contribution in [2.24, 2.45) is 5.92 Å². The maximum Gasteiger partial charge on any atom is 0.205 e. The van der Waals surface area contributed by atoms with Crippen molar-refractivity contribution in [1.82, 2.24) is 15.5 Å². The van der Waals surface area contributed by atoms with E-state index in [0.29, 0.717) is 5.92 Å². The van der Waals surface area contributed by atoms with Crippen LogP contribution in [-0.4, -0.2) is 28.8 Å². The van der Waals surface area contributed by atoms with E-state index in [-0.39, 0.29) is 5.54 Å². The van der Waals surface area contributed by atoms with Crippen LogP contribution < -0.4 is 10.6 Å². The zero-order valence-electron chi connectivity index (χ0n) is 11.5. The first-order chi connectivity index (χ1) is 7.87. The maximum absolute atomic E-state index is 4.17. The van der Waals surface area contributed by atoms with Gasteiger partial charge in [0.15, 0.2) is 0 Å². The maximum atomic E-state index is 4.17. The smallest absolute Gasteiger partial charge is 0.205 e. The monoisotopic (exact) mass is 256 g/mol. The summed E-state index contributed by atoms with van der Waals surface area (Å²) in [5.74, 6) is 0.637. The van der Waals surface area contributed by atoms with Gasteiger partial charge in [0.2, 0.25) is 5.13 Å². The molecule has 0 aromatic carbocycles. The minimum atomic E-state index is 0.172. The molecule has 0 spiro atoms. The van der Waals surface area contributed by atoms with E-state index in [0.717, 1.165) is 29.6 Å². The van der Waals surface area contributed by atoms with Gasteiger partial charge in [0.05, 0.1) is 0 Å². The largest absolute Gasteiger partial charge is 0.359 e. The summed E-state index contributed by atoms with van der Waals surface area (Å²) < 4.78 is 0. The van der Waals surface area contributed by atoms with Crippen molar-refractivity contribution in [1.29, 1.82) is 0 Å². The summed E-state index contributed by atoms with van der Waals surface area (Å²) in [7, 11) is 0. The third kappa shape index (κ3) is 6.58. The highest BCUT2D eigenvalue weighted by Gasteiger charge is 2.08. The lowest BCUT2D eigenvalue weighted by Gasteiger charge is -2.20.